The van der Waals surface area contributed by atoms with Gasteiger partial charge in [-0.25, -0.2) is 4.39 Å². The molecule has 0 aliphatic heterocycles. The molecule has 62 valence electrons. The molecule has 0 fully saturated rings. The van der Waals surface area contributed by atoms with Gasteiger partial charge in [-0.05, 0) is 13.0 Å². The summed E-state index contributed by atoms with van der Waals surface area (Å²) in [6.45, 7) is 1.65. The minimum absolute atomic E-state index is 0.163. The van der Waals surface area contributed by atoms with Gasteiger partial charge in [0.2, 0.25) is 0 Å². The molecular formula is C9H8FNO. The van der Waals surface area contributed by atoms with Crippen LogP contribution in [0.3, 0.4) is 0 Å². The summed E-state index contributed by atoms with van der Waals surface area (Å²) in [7, 11) is 0. The van der Waals surface area contributed by atoms with Crippen molar-refractivity contribution in [3.8, 4) is 11.8 Å². The average Bonchev–Trinajstić information content (AvgIpc) is 2.03. The Morgan fingerprint density at radius 1 is 1.58 bits per heavy atom. The van der Waals surface area contributed by atoms with E-state index in [0.717, 1.165) is 6.07 Å². The standard InChI is InChI=1S/C9H8FNO/c1-6(5-11)8-3-2-7(10)4-9(8)12/h2-4,6,12H,1H3. The molecule has 1 atom stereocenters. The predicted molar refractivity (Wildman–Crippen MR) is 42.1 cm³/mol. The summed E-state index contributed by atoms with van der Waals surface area (Å²) in [4.78, 5) is 0. The van der Waals surface area contributed by atoms with Crippen LogP contribution >= 0.6 is 0 Å². The summed E-state index contributed by atoms with van der Waals surface area (Å²) in [5.74, 6) is -1.07. The molecule has 0 radical (unpaired) electrons. The van der Waals surface area contributed by atoms with Crippen molar-refractivity contribution in [1.82, 2.24) is 0 Å². The quantitative estimate of drug-likeness (QED) is 0.692. The molecule has 0 aliphatic rings. The van der Waals surface area contributed by atoms with Crippen LogP contribution in [0, 0.1) is 17.1 Å². The zero-order valence-corrected chi connectivity index (χ0v) is 6.58. The largest absolute Gasteiger partial charge is 0.508 e. The molecule has 0 heterocycles. The van der Waals surface area contributed by atoms with Crippen molar-refractivity contribution in [1.29, 1.82) is 5.26 Å². The topological polar surface area (TPSA) is 44.0 Å². The molecule has 0 bridgehead atoms. The van der Waals surface area contributed by atoms with Gasteiger partial charge in [0, 0.05) is 11.6 Å². The molecule has 1 N–H and O–H groups in total. The summed E-state index contributed by atoms with van der Waals surface area (Å²) in [5, 5.41) is 17.7. The summed E-state index contributed by atoms with van der Waals surface area (Å²) in [6, 6.07) is 5.60. The molecule has 1 rings (SSSR count). The second-order valence-electron chi connectivity index (χ2n) is 2.55. The number of aromatic hydroxyl groups is 1. The van der Waals surface area contributed by atoms with E-state index in [9.17, 15) is 9.50 Å². The Morgan fingerprint density at radius 3 is 2.75 bits per heavy atom. The van der Waals surface area contributed by atoms with Crippen LogP contribution in [0.25, 0.3) is 0 Å². The van der Waals surface area contributed by atoms with Crippen LogP contribution in [0.1, 0.15) is 18.4 Å². The molecule has 0 amide bonds. The number of phenols is 1. The van der Waals surface area contributed by atoms with Crippen molar-refractivity contribution in [2.45, 2.75) is 12.8 Å². The molecule has 3 heteroatoms. The van der Waals surface area contributed by atoms with E-state index in [1.807, 2.05) is 6.07 Å². The van der Waals surface area contributed by atoms with Crippen molar-refractivity contribution in [2.24, 2.45) is 0 Å². The first-order valence-electron chi connectivity index (χ1n) is 3.53. The summed E-state index contributed by atoms with van der Waals surface area (Å²) in [6.07, 6.45) is 0. The van der Waals surface area contributed by atoms with Gasteiger partial charge in [-0.3, -0.25) is 0 Å². The predicted octanol–water partition coefficient (Wildman–Crippen LogP) is 2.16. The Hall–Kier alpha value is -1.56. The van der Waals surface area contributed by atoms with Crippen LogP contribution < -0.4 is 0 Å². The van der Waals surface area contributed by atoms with E-state index in [1.165, 1.54) is 12.1 Å². The molecular weight excluding hydrogens is 157 g/mol. The van der Waals surface area contributed by atoms with Crippen molar-refractivity contribution in [3.05, 3.63) is 29.6 Å². The minimum atomic E-state index is -0.499. The first-order chi connectivity index (χ1) is 5.65. The Balaban J connectivity index is 3.11. The number of hydrogen-bond donors (Lipinski definition) is 1. The van der Waals surface area contributed by atoms with Crippen LogP contribution in [0.2, 0.25) is 0 Å². The minimum Gasteiger partial charge on any atom is -0.508 e. The Morgan fingerprint density at radius 2 is 2.25 bits per heavy atom. The number of hydrogen-bond acceptors (Lipinski definition) is 2. The third-order valence-corrected chi connectivity index (χ3v) is 1.65. The highest BCUT2D eigenvalue weighted by molar-refractivity contribution is 5.37. The van der Waals surface area contributed by atoms with Gasteiger partial charge in [0.25, 0.3) is 0 Å². The highest BCUT2D eigenvalue weighted by atomic mass is 19.1. The normalized spacial score (nSPS) is 12.1. The SMILES string of the molecule is CC(C#N)c1ccc(F)cc1O. The first-order valence-corrected chi connectivity index (χ1v) is 3.53. The summed E-state index contributed by atoms with van der Waals surface area (Å²) < 4.78 is 12.5. The molecule has 12 heavy (non-hydrogen) atoms. The number of rotatable bonds is 1. The zero-order valence-electron chi connectivity index (χ0n) is 6.58. The van der Waals surface area contributed by atoms with Gasteiger partial charge in [0.05, 0.1) is 12.0 Å². The number of benzene rings is 1. The van der Waals surface area contributed by atoms with Crippen molar-refractivity contribution in [2.75, 3.05) is 0 Å². The van der Waals surface area contributed by atoms with E-state index in [4.69, 9.17) is 5.26 Å². The molecule has 0 aliphatic carbocycles. The van der Waals surface area contributed by atoms with Crippen LogP contribution in [0.15, 0.2) is 18.2 Å². The highest BCUT2D eigenvalue weighted by Crippen LogP contribution is 2.25. The molecule has 0 saturated heterocycles. The molecule has 0 spiro atoms. The maximum atomic E-state index is 12.5. The van der Waals surface area contributed by atoms with Gasteiger partial charge in [-0.15, -0.1) is 0 Å². The smallest absolute Gasteiger partial charge is 0.126 e. The van der Waals surface area contributed by atoms with E-state index in [-0.39, 0.29) is 5.75 Å². The van der Waals surface area contributed by atoms with Gasteiger partial charge < -0.3 is 5.11 Å². The zero-order chi connectivity index (χ0) is 9.14. The van der Waals surface area contributed by atoms with Crippen molar-refractivity contribution >= 4 is 0 Å². The van der Waals surface area contributed by atoms with Gasteiger partial charge >= 0.3 is 0 Å². The Kier molecular flexibility index (Phi) is 2.29. The lowest BCUT2D eigenvalue weighted by Gasteiger charge is -2.04. The fourth-order valence-electron chi connectivity index (χ4n) is 0.953. The fraction of sp³-hybridized carbons (Fsp3) is 0.222. The average molecular weight is 165 g/mol. The number of nitriles is 1. The fourth-order valence-corrected chi connectivity index (χ4v) is 0.953. The molecule has 0 saturated carbocycles. The maximum Gasteiger partial charge on any atom is 0.126 e. The monoisotopic (exact) mass is 165 g/mol. The summed E-state index contributed by atoms with van der Waals surface area (Å²) >= 11 is 0. The van der Waals surface area contributed by atoms with E-state index < -0.39 is 11.7 Å². The second-order valence-corrected chi connectivity index (χ2v) is 2.55. The van der Waals surface area contributed by atoms with Crippen molar-refractivity contribution < 1.29 is 9.50 Å². The highest BCUT2D eigenvalue weighted by Gasteiger charge is 2.09. The van der Waals surface area contributed by atoms with Crippen LogP contribution in [0.4, 0.5) is 4.39 Å². The third-order valence-electron chi connectivity index (χ3n) is 1.65. The van der Waals surface area contributed by atoms with Gasteiger partial charge in [0.15, 0.2) is 0 Å². The van der Waals surface area contributed by atoms with Crippen LogP contribution in [-0.4, -0.2) is 5.11 Å². The Bertz CT molecular complexity index is 330. The van der Waals surface area contributed by atoms with Gasteiger partial charge in [-0.2, -0.15) is 5.26 Å². The molecule has 1 aromatic rings. The lowest BCUT2D eigenvalue weighted by atomic mass is 10.0. The second kappa shape index (κ2) is 3.22. The molecule has 2 nitrogen and oxygen atoms in total. The van der Waals surface area contributed by atoms with Crippen LogP contribution in [0.5, 0.6) is 5.75 Å². The van der Waals surface area contributed by atoms with Crippen molar-refractivity contribution in [3.63, 3.8) is 0 Å². The van der Waals surface area contributed by atoms with E-state index in [1.54, 1.807) is 6.92 Å². The molecule has 0 aromatic heterocycles. The van der Waals surface area contributed by atoms with E-state index in [2.05, 4.69) is 0 Å². The summed E-state index contributed by atoms with van der Waals surface area (Å²) in [5.41, 5.74) is 0.457. The Labute approximate surface area is 69.9 Å². The molecule has 1 aromatic carbocycles. The van der Waals surface area contributed by atoms with E-state index >= 15 is 0 Å². The number of phenolic OH excluding ortho intramolecular Hbond substituents is 1. The first kappa shape index (κ1) is 8.54. The third kappa shape index (κ3) is 1.54. The van der Waals surface area contributed by atoms with Crippen LogP contribution in [-0.2, 0) is 0 Å². The lowest BCUT2D eigenvalue weighted by Crippen LogP contribution is -1.90. The maximum absolute atomic E-state index is 12.5. The molecule has 1 unspecified atom stereocenters. The number of halogens is 1. The van der Waals surface area contributed by atoms with Gasteiger partial charge in [0.1, 0.15) is 11.6 Å². The van der Waals surface area contributed by atoms with E-state index in [0.29, 0.717) is 5.56 Å². The number of nitrogens with zero attached hydrogens (tertiary/aromatic N) is 1. The van der Waals surface area contributed by atoms with Gasteiger partial charge in [-0.1, -0.05) is 6.07 Å². The lowest BCUT2D eigenvalue weighted by molar-refractivity contribution is 0.461.